The highest BCUT2D eigenvalue weighted by molar-refractivity contribution is 7.92. The van der Waals surface area contributed by atoms with Crippen molar-refractivity contribution in [2.75, 3.05) is 24.8 Å². The monoisotopic (exact) mass is 490 g/mol. The zero-order chi connectivity index (χ0) is 25.1. The van der Waals surface area contributed by atoms with Gasteiger partial charge in [0.15, 0.2) is 0 Å². The quantitative estimate of drug-likeness (QED) is 0.570. The van der Waals surface area contributed by atoms with Gasteiger partial charge >= 0.3 is 0 Å². The van der Waals surface area contributed by atoms with E-state index in [0.29, 0.717) is 17.9 Å². The first-order valence-corrected chi connectivity index (χ1v) is 13.2. The average Bonchev–Trinajstić information content (AvgIpc) is 2.82. The smallest absolute Gasteiger partial charge is 0.244 e. The number of amides is 1. The lowest BCUT2D eigenvalue weighted by molar-refractivity contribution is -0.123. The van der Waals surface area contributed by atoms with Crippen LogP contribution in [0.2, 0.25) is 0 Å². The van der Waals surface area contributed by atoms with Gasteiger partial charge in [-0.05, 0) is 38.0 Å². The van der Waals surface area contributed by atoms with E-state index < -0.39 is 27.6 Å². The van der Waals surface area contributed by atoms with Gasteiger partial charge in [0.1, 0.15) is 28.9 Å². The number of fused-ring (bicyclic) bond motifs is 1. The van der Waals surface area contributed by atoms with E-state index in [9.17, 15) is 13.2 Å². The van der Waals surface area contributed by atoms with E-state index in [0.717, 1.165) is 34.7 Å². The molecule has 2 atom stereocenters. The van der Waals surface area contributed by atoms with Gasteiger partial charge in [-0.2, -0.15) is 0 Å². The molecular weight excluding hydrogens is 456 g/mol. The minimum absolute atomic E-state index is 0.232. The molecule has 0 spiro atoms. The standard InChI is InChI=1S/C25H34N2O6S/c1-7-25(8-2)16-20(19-11-9-10-12-22(19)33-25)26-24(28)17(3)27(34(6,29)30)21-15-18(31-4)13-14-23(21)32-5/h9-15,17,20H,7-8,16H2,1-6H3,(H,26,28). The number of carbonyl (C=O) groups excluding carboxylic acids is 1. The SMILES string of the molecule is CCC1(CC)CC(NC(=O)C(C)N(c2cc(OC)ccc2OC)S(C)(=O)=O)c2ccccc2O1. The summed E-state index contributed by atoms with van der Waals surface area (Å²) in [5.41, 5.74) is 0.712. The Morgan fingerprint density at radius 2 is 1.85 bits per heavy atom. The Morgan fingerprint density at radius 3 is 2.44 bits per heavy atom. The van der Waals surface area contributed by atoms with Crippen LogP contribution < -0.4 is 23.8 Å². The Balaban J connectivity index is 1.97. The first-order valence-electron chi connectivity index (χ1n) is 11.4. The molecule has 0 bridgehead atoms. The third-order valence-corrected chi connectivity index (χ3v) is 7.74. The number of anilines is 1. The molecule has 34 heavy (non-hydrogen) atoms. The molecule has 0 aliphatic carbocycles. The molecule has 9 heteroatoms. The van der Waals surface area contributed by atoms with Crippen LogP contribution in [0.1, 0.15) is 51.6 Å². The number of methoxy groups -OCH3 is 2. The molecular formula is C25H34N2O6S. The van der Waals surface area contributed by atoms with E-state index in [1.807, 2.05) is 24.3 Å². The number of benzene rings is 2. The zero-order valence-corrected chi connectivity index (χ0v) is 21.4. The fourth-order valence-electron chi connectivity index (χ4n) is 4.47. The van der Waals surface area contributed by atoms with Crippen LogP contribution in [0.15, 0.2) is 42.5 Å². The predicted octanol–water partition coefficient (Wildman–Crippen LogP) is 4.06. The Kier molecular flexibility index (Phi) is 7.65. The number of sulfonamides is 1. The number of carbonyl (C=O) groups is 1. The van der Waals surface area contributed by atoms with E-state index in [-0.39, 0.29) is 11.7 Å². The van der Waals surface area contributed by atoms with Crippen molar-refractivity contribution in [2.24, 2.45) is 0 Å². The first kappa shape index (κ1) is 25.7. The van der Waals surface area contributed by atoms with Crippen LogP contribution in [-0.2, 0) is 14.8 Å². The molecule has 1 N–H and O–H groups in total. The Bertz CT molecular complexity index is 1130. The van der Waals surface area contributed by atoms with Gasteiger partial charge in [0.05, 0.1) is 32.2 Å². The molecule has 3 rings (SSSR count). The molecule has 1 aliphatic rings. The van der Waals surface area contributed by atoms with Crippen LogP contribution in [0.5, 0.6) is 17.2 Å². The van der Waals surface area contributed by atoms with Crippen molar-refractivity contribution < 1.29 is 27.4 Å². The van der Waals surface area contributed by atoms with Crippen LogP contribution in [0.25, 0.3) is 0 Å². The van der Waals surface area contributed by atoms with Crippen molar-refractivity contribution in [2.45, 2.75) is 57.7 Å². The summed E-state index contributed by atoms with van der Waals surface area (Å²) in [4.78, 5) is 13.5. The van der Waals surface area contributed by atoms with Gasteiger partial charge in [0.25, 0.3) is 0 Å². The van der Waals surface area contributed by atoms with Crippen molar-refractivity contribution in [3.05, 3.63) is 48.0 Å². The number of nitrogens with one attached hydrogen (secondary N) is 1. The number of para-hydroxylation sites is 1. The van der Waals surface area contributed by atoms with Gasteiger partial charge in [-0.15, -0.1) is 0 Å². The van der Waals surface area contributed by atoms with Crippen molar-refractivity contribution in [3.63, 3.8) is 0 Å². The van der Waals surface area contributed by atoms with Crippen LogP contribution in [-0.4, -0.2) is 46.4 Å². The Hall–Kier alpha value is -2.94. The molecule has 1 heterocycles. The molecule has 1 aliphatic heterocycles. The van der Waals surface area contributed by atoms with Crippen molar-refractivity contribution in [1.29, 1.82) is 0 Å². The van der Waals surface area contributed by atoms with E-state index in [1.165, 1.54) is 14.2 Å². The maximum absolute atomic E-state index is 13.5. The number of rotatable bonds is 9. The van der Waals surface area contributed by atoms with Crippen LogP contribution in [0.3, 0.4) is 0 Å². The van der Waals surface area contributed by atoms with Crippen molar-refractivity contribution >= 4 is 21.6 Å². The summed E-state index contributed by atoms with van der Waals surface area (Å²) in [6, 6.07) is 11.1. The summed E-state index contributed by atoms with van der Waals surface area (Å²) < 4.78 is 43.8. The van der Waals surface area contributed by atoms with Gasteiger partial charge in [-0.25, -0.2) is 8.42 Å². The Labute approximate surface area is 202 Å². The summed E-state index contributed by atoms with van der Waals surface area (Å²) in [5.74, 6) is 1.09. The van der Waals surface area contributed by atoms with E-state index in [4.69, 9.17) is 14.2 Å². The molecule has 2 aromatic rings. The fourth-order valence-corrected chi connectivity index (χ4v) is 5.64. The molecule has 8 nitrogen and oxygen atoms in total. The fraction of sp³-hybridized carbons (Fsp3) is 0.480. The average molecular weight is 491 g/mol. The number of hydrogen-bond acceptors (Lipinski definition) is 6. The molecule has 0 saturated carbocycles. The molecule has 0 radical (unpaired) electrons. The summed E-state index contributed by atoms with van der Waals surface area (Å²) in [5, 5.41) is 3.09. The van der Waals surface area contributed by atoms with Crippen LogP contribution in [0, 0.1) is 0 Å². The van der Waals surface area contributed by atoms with Gasteiger partial charge in [0.2, 0.25) is 15.9 Å². The molecule has 1 amide bonds. The van der Waals surface area contributed by atoms with Crippen molar-refractivity contribution in [1.82, 2.24) is 5.32 Å². The minimum atomic E-state index is -3.84. The maximum Gasteiger partial charge on any atom is 0.244 e. The van der Waals surface area contributed by atoms with Gasteiger partial charge in [-0.1, -0.05) is 32.0 Å². The lowest BCUT2D eigenvalue weighted by Gasteiger charge is -2.42. The maximum atomic E-state index is 13.5. The number of hydrogen-bond donors (Lipinski definition) is 1. The largest absolute Gasteiger partial charge is 0.497 e. The van der Waals surface area contributed by atoms with Gasteiger partial charge in [-0.3, -0.25) is 9.10 Å². The number of ether oxygens (including phenoxy) is 3. The van der Waals surface area contributed by atoms with Gasteiger partial charge in [0, 0.05) is 18.1 Å². The summed E-state index contributed by atoms with van der Waals surface area (Å²) in [7, 11) is -0.903. The predicted molar refractivity (Wildman–Crippen MR) is 132 cm³/mol. The molecule has 2 unspecified atom stereocenters. The topological polar surface area (TPSA) is 94.2 Å². The summed E-state index contributed by atoms with van der Waals surface area (Å²) >= 11 is 0. The highest BCUT2D eigenvalue weighted by Crippen LogP contribution is 2.43. The molecule has 2 aromatic carbocycles. The Morgan fingerprint density at radius 1 is 1.18 bits per heavy atom. The normalized spacial score (nSPS) is 17.6. The summed E-state index contributed by atoms with van der Waals surface area (Å²) in [6.07, 6.45) is 3.24. The lowest BCUT2D eigenvalue weighted by Crippen LogP contribution is -2.51. The van der Waals surface area contributed by atoms with E-state index >= 15 is 0 Å². The van der Waals surface area contributed by atoms with Gasteiger partial charge < -0.3 is 19.5 Å². The third-order valence-electron chi connectivity index (χ3n) is 6.51. The molecule has 0 fully saturated rings. The molecule has 0 aromatic heterocycles. The van der Waals surface area contributed by atoms with Crippen LogP contribution >= 0.6 is 0 Å². The van der Waals surface area contributed by atoms with Crippen LogP contribution in [0.4, 0.5) is 5.69 Å². The second-order valence-corrected chi connectivity index (χ2v) is 10.4. The van der Waals surface area contributed by atoms with E-state index in [2.05, 4.69) is 19.2 Å². The highest BCUT2D eigenvalue weighted by atomic mass is 32.2. The molecule has 0 saturated heterocycles. The third kappa shape index (κ3) is 5.09. The zero-order valence-electron chi connectivity index (χ0n) is 20.6. The summed E-state index contributed by atoms with van der Waals surface area (Å²) in [6.45, 7) is 5.70. The molecule has 186 valence electrons. The van der Waals surface area contributed by atoms with Crippen molar-refractivity contribution in [3.8, 4) is 17.2 Å². The lowest BCUT2D eigenvalue weighted by atomic mass is 9.83. The minimum Gasteiger partial charge on any atom is -0.497 e. The first-order chi connectivity index (χ1) is 16.1. The van der Waals surface area contributed by atoms with E-state index in [1.54, 1.807) is 25.1 Å². The second-order valence-electron chi connectivity index (χ2n) is 8.57. The number of nitrogens with zero attached hydrogens (tertiary/aromatic N) is 1. The second kappa shape index (κ2) is 10.1. The highest BCUT2D eigenvalue weighted by Gasteiger charge is 2.40.